The topological polar surface area (TPSA) is 26.0 Å². The maximum Gasteiger partial charge on any atom is 0.204 e. The lowest BCUT2D eigenvalue weighted by atomic mass is 9.87. The van der Waals surface area contributed by atoms with Gasteiger partial charge in [-0.2, -0.15) is 0 Å². The normalized spacial score (nSPS) is 16.7. The van der Waals surface area contributed by atoms with Crippen molar-refractivity contribution < 1.29 is 0 Å². The van der Waals surface area contributed by atoms with Gasteiger partial charge in [0.05, 0.1) is 6.67 Å². The quantitative estimate of drug-likeness (QED) is 0.301. The summed E-state index contributed by atoms with van der Waals surface area (Å²) in [7, 11) is 0. The highest BCUT2D eigenvalue weighted by molar-refractivity contribution is 7.71. The molecule has 4 aromatic rings. The van der Waals surface area contributed by atoms with Crippen LogP contribution in [0.15, 0.2) is 84.9 Å². The van der Waals surface area contributed by atoms with Crippen molar-refractivity contribution in [1.82, 2.24) is 19.2 Å². The van der Waals surface area contributed by atoms with Gasteiger partial charge in [-0.15, -0.1) is 5.10 Å². The van der Waals surface area contributed by atoms with E-state index < -0.39 is 0 Å². The molecule has 0 amide bonds. The van der Waals surface area contributed by atoms with Gasteiger partial charge in [-0.1, -0.05) is 93.6 Å². The molecule has 1 aliphatic rings. The fourth-order valence-corrected chi connectivity index (χ4v) is 5.05. The van der Waals surface area contributed by atoms with E-state index in [0.29, 0.717) is 12.6 Å². The number of hydrogen-bond donors (Lipinski definition) is 0. The van der Waals surface area contributed by atoms with Crippen LogP contribution in [-0.4, -0.2) is 32.3 Å². The van der Waals surface area contributed by atoms with Gasteiger partial charge in [0.15, 0.2) is 5.82 Å². The van der Waals surface area contributed by atoms with Crippen LogP contribution in [0.2, 0.25) is 0 Å². The molecule has 0 bridgehead atoms. The van der Waals surface area contributed by atoms with Gasteiger partial charge in [0.1, 0.15) is 0 Å². The van der Waals surface area contributed by atoms with E-state index in [0.717, 1.165) is 41.4 Å². The highest BCUT2D eigenvalue weighted by atomic mass is 32.1. The Labute approximate surface area is 207 Å². The lowest BCUT2D eigenvalue weighted by Crippen LogP contribution is -2.24. The molecular weight excluding hydrogens is 436 g/mol. The number of hydrogen-bond acceptors (Lipinski definition) is 3. The number of rotatable bonds is 5. The third-order valence-electron chi connectivity index (χ3n) is 6.74. The van der Waals surface area contributed by atoms with Crippen LogP contribution in [-0.2, 0) is 12.1 Å². The molecule has 5 heteroatoms. The second-order valence-electron chi connectivity index (χ2n) is 10.2. The van der Waals surface area contributed by atoms with Crippen LogP contribution in [0.4, 0.5) is 0 Å². The summed E-state index contributed by atoms with van der Waals surface area (Å²) in [4.78, 5) is 2.46. The minimum absolute atomic E-state index is 0.113. The Balaban J connectivity index is 1.47. The summed E-state index contributed by atoms with van der Waals surface area (Å²) < 4.78 is 4.82. The maximum absolute atomic E-state index is 5.97. The van der Waals surface area contributed by atoms with Crippen molar-refractivity contribution in [2.24, 2.45) is 0 Å². The first-order valence-corrected chi connectivity index (χ1v) is 12.4. The average molecular weight is 469 g/mol. The smallest absolute Gasteiger partial charge is 0.204 e. The van der Waals surface area contributed by atoms with Crippen molar-refractivity contribution in [2.75, 3.05) is 13.1 Å². The van der Waals surface area contributed by atoms with Gasteiger partial charge in [0, 0.05) is 24.3 Å². The molecule has 174 valence electrons. The van der Waals surface area contributed by atoms with Gasteiger partial charge < -0.3 is 0 Å². The van der Waals surface area contributed by atoms with E-state index in [2.05, 4.69) is 97.0 Å². The molecule has 5 rings (SSSR count). The summed E-state index contributed by atoms with van der Waals surface area (Å²) in [5.74, 6) is 1.45. The molecule has 4 nitrogen and oxygen atoms in total. The van der Waals surface area contributed by atoms with Gasteiger partial charge in [-0.25, -0.2) is 4.68 Å². The second-order valence-corrected chi connectivity index (χ2v) is 10.6. The van der Waals surface area contributed by atoms with Crippen molar-refractivity contribution in [3.05, 3.63) is 101 Å². The molecule has 1 aromatic heterocycles. The Hall–Kier alpha value is -3.02. The van der Waals surface area contributed by atoms with Gasteiger partial charge in [0.25, 0.3) is 0 Å². The zero-order valence-electron chi connectivity index (χ0n) is 20.2. The Morgan fingerprint density at radius 2 is 1.53 bits per heavy atom. The van der Waals surface area contributed by atoms with Crippen LogP contribution in [0.1, 0.15) is 44.2 Å². The lowest BCUT2D eigenvalue weighted by Gasteiger charge is -2.19. The Bertz CT molecular complexity index is 1300. The highest BCUT2D eigenvalue weighted by Crippen LogP contribution is 2.29. The average Bonchev–Trinajstić information content (AvgIpc) is 3.45. The Kier molecular flexibility index (Phi) is 6.24. The predicted octanol–water partition coefficient (Wildman–Crippen LogP) is 6.81. The molecule has 0 radical (unpaired) electrons. The summed E-state index contributed by atoms with van der Waals surface area (Å²) in [6, 6.07) is 29.9. The fourth-order valence-electron chi connectivity index (χ4n) is 4.76. The monoisotopic (exact) mass is 468 g/mol. The van der Waals surface area contributed by atoms with E-state index in [-0.39, 0.29) is 5.41 Å². The van der Waals surface area contributed by atoms with Crippen LogP contribution in [0.5, 0.6) is 0 Å². The Morgan fingerprint density at radius 1 is 0.882 bits per heavy atom. The van der Waals surface area contributed by atoms with E-state index in [1.165, 1.54) is 11.1 Å². The number of nitrogens with zero attached hydrogens (tertiary/aromatic N) is 4. The molecule has 0 aliphatic carbocycles. The van der Waals surface area contributed by atoms with Crippen molar-refractivity contribution in [3.63, 3.8) is 0 Å². The molecule has 1 aliphatic heterocycles. The van der Waals surface area contributed by atoms with Crippen molar-refractivity contribution in [1.29, 1.82) is 0 Å². The maximum atomic E-state index is 5.97. The molecule has 0 N–H and O–H groups in total. The molecule has 1 atom stereocenters. The third-order valence-corrected chi connectivity index (χ3v) is 7.13. The summed E-state index contributed by atoms with van der Waals surface area (Å²) in [5, 5.41) is 5.04. The van der Waals surface area contributed by atoms with Crippen LogP contribution in [0.25, 0.3) is 17.1 Å². The van der Waals surface area contributed by atoms with Gasteiger partial charge in [0.2, 0.25) is 4.77 Å². The van der Waals surface area contributed by atoms with E-state index in [1.807, 2.05) is 22.9 Å². The van der Waals surface area contributed by atoms with Crippen LogP contribution in [0.3, 0.4) is 0 Å². The molecule has 0 saturated carbocycles. The van der Waals surface area contributed by atoms with Crippen LogP contribution >= 0.6 is 12.2 Å². The van der Waals surface area contributed by atoms with Gasteiger partial charge >= 0.3 is 0 Å². The van der Waals surface area contributed by atoms with E-state index in [4.69, 9.17) is 17.3 Å². The Morgan fingerprint density at radius 3 is 2.18 bits per heavy atom. The molecule has 34 heavy (non-hydrogen) atoms. The van der Waals surface area contributed by atoms with Gasteiger partial charge in [-0.3, -0.25) is 9.47 Å². The number of para-hydroxylation sites is 1. The third kappa shape index (κ3) is 4.63. The molecule has 3 aromatic carbocycles. The first-order chi connectivity index (χ1) is 16.4. The van der Waals surface area contributed by atoms with E-state index in [1.54, 1.807) is 0 Å². The zero-order chi connectivity index (χ0) is 23.7. The van der Waals surface area contributed by atoms with E-state index in [9.17, 15) is 0 Å². The van der Waals surface area contributed by atoms with Crippen LogP contribution < -0.4 is 0 Å². The lowest BCUT2D eigenvalue weighted by molar-refractivity contribution is 0.250. The summed E-state index contributed by atoms with van der Waals surface area (Å²) >= 11 is 5.97. The first-order valence-electron chi connectivity index (χ1n) is 12.0. The minimum Gasteiger partial charge on any atom is -0.284 e. The molecular formula is C29H32N4S. The number of aromatic nitrogens is 3. The standard InChI is InChI=1S/C29H32N4S/c1-29(2,3)25-16-14-23(15-17-25)27-30-32(28(34)33(27)26-12-8-5-9-13-26)21-31-19-18-24(20-31)22-10-6-4-7-11-22/h4-17,24H,18-21H2,1-3H3/t24-/m1/s1. The fraction of sp³-hybridized carbons (Fsp3) is 0.310. The van der Waals surface area contributed by atoms with Crippen LogP contribution in [0, 0.1) is 4.77 Å². The van der Waals surface area contributed by atoms with Crippen molar-refractivity contribution in [2.45, 2.75) is 45.2 Å². The first kappa shape index (κ1) is 22.8. The second kappa shape index (κ2) is 9.32. The molecule has 1 saturated heterocycles. The van der Waals surface area contributed by atoms with Crippen molar-refractivity contribution in [3.8, 4) is 17.1 Å². The number of benzene rings is 3. The molecule has 1 fully saturated rings. The largest absolute Gasteiger partial charge is 0.284 e. The van der Waals surface area contributed by atoms with Crippen molar-refractivity contribution >= 4 is 12.2 Å². The minimum atomic E-state index is 0.113. The molecule has 0 unspecified atom stereocenters. The SMILES string of the molecule is CC(C)(C)c1ccc(-c2nn(CN3CC[C@@H](c4ccccc4)C3)c(=S)n2-c2ccccc2)cc1. The number of likely N-dealkylation sites (tertiary alicyclic amines) is 1. The summed E-state index contributed by atoms with van der Waals surface area (Å²) in [5.41, 5.74) is 4.96. The summed E-state index contributed by atoms with van der Waals surface area (Å²) in [6.45, 7) is 9.49. The zero-order valence-corrected chi connectivity index (χ0v) is 21.0. The highest BCUT2D eigenvalue weighted by Gasteiger charge is 2.25. The molecule has 0 spiro atoms. The summed E-state index contributed by atoms with van der Waals surface area (Å²) in [6.07, 6.45) is 1.16. The molecule has 2 heterocycles. The predicted molar refractivity (Wildman–Crippen MR) is 142 cm³/mol. The van der Waals surface area contributed by atoms with E-state index >= 15 is 0 Å². The van der Waals surface area contributed by atoms with Gasteiger partial charge in [-0.05, 0) is 53.2 Å².